The molecule has 1 saturated carbocycles. The van der Waals surface area contributed by atoms with Crippen molar-refractivity contribution in [3.05, 3.63) is 29.8 Å². The lowest BCUT2D eigenvalue weighted by atomic mass is 9.79. The van der Waals surface area contributed by atoms with Gasteiger partial charge in [-0.2, -0.15) is 0 Å². The largest absolute Gasteiger partial charge is 0.478 e. The maximum atomic E-state index is 12.0. The molecule has 5 heteroatoms. The van der Waals surface area contributed by atoms with E-state index in [0.717, 1.165) is 6.42 Å². The Morgan fingerprint density at radius 1 is 1.39 bits per heavy atom. The molecule has 0 aliphatic heterocycles. The van der Waals surface area contributed by atoms with Gasteiger partial charge in [0.25, 0.3) is 5.91 Å². The highest BCUT2D eigenvalue weighted by Gasteiger charge is 2.44. The molecule has 0 saturated heterocycles. The number of hydrogen-bond donors (Lipinski definition) is 2. The average Bonchev–Trinajstić information content (AvgIpc) is 2.28. The van der Waals surface area contributed by atoms with Crippen LogP contribution in [0.15, 0.2) is 24.3 Å². The first-order chi connectivity index (χ1) is 8.57. The molecular formula is C13H15NO4. The van der Waals surface area contributed by atoms with E-state index in [1.807, 2.05) is 0 Å². The van der Waals surface area contributed by atoms with Gasteiger partial charge in [0.15, 0.2) is 0 Å². The van der Waals surface area contributed by atoms with Crippen LogP contribution < -0.4 is 5.32 Å². The third-order valence-corrected chi connectivity index (χ3v) is 3.33. The predicted molar refractivity (Wildman–Crippen MR) is 65.6 cm³/mol. The van der Waals surface area contributed by atoms with Gasteiger partial charge in [-0.3, -0.25) is 4.79 Å². The number of methoxy groups -OCH3 is 1. The Morgan fingerprint density at radius 3 is 2.61 bits per heavy atom. The molecule has 1 aliphatic carbocycles. The van der Waals surface area contributed by atoms with E-state index in [1.165, 1.54) is 19.2 Å². The molecule has 0 heterocycles. The molecule has 1 amide bonds. The van der Waals surface area contributed by atoms with Crippen LogP contribution in [0.3, 0.4) is 0 Å². The number of aromatic carboxylic acids is 1. The Morgan fingerprint density at radius 2 is 2.11 bits per heavy atom. The van der Waals surface area contributed by atoms with Gasteiger partial charge in [-0.1, -0.05) is 6.07 Å². The minimum atomic E-state index is -1.02. The van der Waals surface area contributed by atoms with Crippen LogP contribution in [-0.4, -0.2) is 29.7 Å². The van der Waals surface area contributed by atoms with E-state index in [2.05, 4.69) is 5.32 Å². The van der Waals surface area contributed by atoms with Crippen molar-refractivity contribution in [2.24, 2.45) is 0 Å². The van der Waals surface area contributed by atoms with Crippen LogP contribution in [0.1, 0.15) is 29.6 Å². The van der Waals surface area contributed by atoms with Crippen molar-refractivity contribution in [2.45, 2.75) is 24.9 Å². The number of amides is 1. The number of anilines is 1. The highest BCUT2D eigenvalue weighted by Crippen LogP contribution is 2.36. The van der Waals surface area contributed by atoms with Crippen LogP contribution in [0.4, 0.5) is 5.69 Å². The Balaban J connectivity index is 2.12. The Bertz CT molecular complexity index is 474. The smallest absolute Gasteiger partial charge is 0.335 e. The van der Waals surface area contributed by atoms with Gasteiger partial charge in [-0.05, 0) is 37.5 Å². The molecule has 2 N–H and O–H groups in total. The molecule has 96 valence electrons. The normalized spacial score (nSPS) is 16.7. The molecule has 5 nitrogen and oxygen atoms in total. The zero-order valence-corrected chi connectivity index (χ0v) is 10.1. The van der Waals surface area contributed by atoms with Crippen LogP contribution in [0, 0.1) is 0 Å². The standard InChI is InChI=1S/C13H15NO4/c1-18-13(6-3-7-13)12(17)14-10-5-2-4-9(8-10)11(15)16/h2,4-5,8H,3,6-7H2,1H3,(H,14,17)(H,15,16). The van der Waals surface area contributed by atoms with Gasteiger partial charge in [0, 0.05) is 12.8 Å². The van der Waals surface area contributed by atoms with Crippen molar-refractivity contribution in [1.82, 2.24) is 0 Å². The topological polar surface area (TPSA) is 75.6 Å². The number of nitrogens with one attached hydrogen (secondary N) is 1. The maximum absolute atomic E-state index is 12.0. The second-order valence-corrected chi connectivity index (χ2v) is 4.39. The van der Waals surface area contributed by atoms with E-state index >= 15 is 0 Å². The number of carbonyl (C=O) groups excluding carboxylic acids is 1. The maximum Gasteiger partial charge on any atom is 0.335 e. The molecule has 0 aromatic heterocycles. The summed E-state index contributed by atoms with van der Waals surface area (Å²) >= 11 is 0. The zero-order chi connectivity index (χ0) is 13.2. The third-order valence-electron chi connectivity index (χ3n) is 3.33. The highest BCUT2D eigenvalue weighted by molar-refractivity contribution is 5.99. The fourth-order valence-corrected chi connectivity index (χ4v) is 2.00. The number of carboxylic acids is 1. The van der Waals surface area contributed by atoms with Crippen LogP contribution >= 0.6 is 0 Å². The summed E-state index contributed by atoms with van der Waals surface area (Å²) in [5.74, 6) is -1.23. The average molecular weight is 249 g/mol. The van der Waals surface area contributed by atoms with Crippen molar-refractivity contribution in [2.75, 3.05) is 12.4 Å². The second-order valence-electron chi connectivity index (χ2n) is 4.39. The molecule has 0 spiro atoms. The molecule has 18 heavy (non-hydrogen) atoms. The van der Waals surface area contributed by atoms with Crippen molar-refractivity contribution < 1.29 is 19.4 Å². The molecule has 1 aromatic carbocycles. The SMILES string of the molecule is COC1(C(=O)Nc2cccc(C(=O)O)c2)CCC1. The molecule has 1 fully saturated rings. The number of carboxylic acid groups (broad SMARTS) is 1. The van der Waals surface area contributed by atoms with Crippen LogP contribution in [0.2, 0.25) is 0 Å². The molecule has 1 aromatic rings. The molecule has 0 unspecified atom stereocenters. The summed E-state index contributed by atoms with van der Waals surface area (Å²) in [6, 6.07) is 6.17. The molecule has 0 atom stereocenters. The fraction of sp³-hybridized carbons (Fsp3) is 0.385. The quantitative estimate of drug-likeness (QED) is 0.854. The summed E-state index contributed by atoms with van der Waals surface area (Å²) in [6.45, 7) is 0. The number of hydrogen-bond acceptors (Lipinski definition) is 3. The van der Waals surface area contributed by atoms with Gasteiger partial charge < -0.3 is 15.2 Å². The van der Waals surface area contributed by atoms with Gasteiger partial charge in [0.1, 0.15) is 5.60 Å². The predicted octanol–water partition coefficient (Wildman–Crippen LogP) is 1.89. The van der Waals surface area contributed by atoms with Gasteiger partial charge in [0.05, 0.1) is 5.56 Å². The first kappa shape index (κ1) is 12.6. The summed E-state index contributed by atoms with van der Waals surface area (Å²) in [7, 11) is 1.52. The minimum absolute atomic E-state index is 0.146. The van der Waals surface area contributed by atoms with Crippen molar-refractivity contribution >= 4 is 17.6 Å². The Labute approximate surface area is 105 Å². The number of rotatable bonds is 4. The van der Waals surface area contributed by atoms with E-state index in [4.69, 9.17) is 9.84 Å². The van der Waals surface area contributed by atoms with Crippen molar-refractivity contribution in [1.29, 1.82) is 0 Å². The number of benzene rings is 1. The number of carbonyl (C=O) groups is 2. The number of ether oxygens (including phenoxy) is 1. The van der Waals surface area contributed by atoms with E-state index in [0.29, 0.717) is 18.5 Å². The summed E-state index contributed by atoms with van der Waals surface area (Å²) in [5, 5.41) is 11.6. The van der Waals surface area contributed by atoms with Crippen LogP contribution in [0.25, 0.3) is 0 Å². The zero-order valence-electron chi connectivity index (χ0n) is 10.1. The monoisotopic (exact) mass is 249 g/mol. The fourth-order valence-electron chi connectivity index (χ4n) is 2.00. The van der Waals surface area contributed by atoms with Gasteiger partial charge in [-0.15, -0.1) is 0 Å². The summed E-state index contributed by atoms with van der Waals surface area (Å²) in [6.07, 6.45) is 2.37. The Hall–Kier alpha value is -1.88. The van der Waals surface area contributed by atoms with Crippen molar-refractivity contribution in [3.8, 4) is 0 Å². The molecule has 0 bridgehead atoms. The summed E-state index contributed by atoms with van der Waals surface area (Å²) in [5.41, 5.74) is -0.115. The van der Waals surface area contributed by atoms with Crippen LogP contribution in [-0.2, 0) is 9.53 Å². The molecule has 0 radical (unpaired) electrons. The van der Waals surface area contributed by atoms with Gasteiger partial charge in [-0.25, -0.2) is 4.79 Å². The molecule has 2 rings (SSSR count). The lowest BCUT2D eigenvalue weighted by Gasteiger charge is -2.38. The van der Waals surface area contributed by atoms with E-state index < -0.39 is 11.6 Å². The lowest BCUT2D eigenvalue weighted by Crippen LogP contribution is -2.50. The van der Waals surface area contributed by atoms with E-state index in [-0.39, 0.29) is 11.5 Å². The second kappa shape index (κ2) is 4.78. The molecular weight excluding hydrogens is 234 g/mol. The van der Waals surface area contributed by atoms with Crippen LogP contribution in [0.5, 0.6) is 0 Å². The Kier molecular flexibility index (Phi) is 3.34. The lowest BCUT2D eigenvalue weighted by molar-refractivity contribution is -0.148. The summed E-state index contributed by atoms with van der Waals surface area (Å²) in [4.78, 5) is 22.9. The first-order valence-electron chi connectivity index (χ1n) is 5.77. The van der Waals surface area contributed by atoms with Gasteiger partial charge >= 0.3 is 5.97 Å². The van der Waals surface area contributed by atoms with Gasteiger partial charge in [0.2, 0.25) is 0 Å². The van der Waals surface area contributed by atoms with Crippen molar-refractivity contribution in [3.63, 3.8) is 0 Å². The van der Waals surface area contributed by atoms with E-state index in [9.17, 15) is 9.59 Å². The minimum Gasteiger partial charge on any atom is -0.478 e. The summed E-state index contributed by atoms with van der Waals surface area (Å²) < 4.78 is 5.26. The third kappa shape index (κ3) is 2.22. The molecule has 1 aliphatic rings. The van der Waals surface area contributed by atoms with E-state index in [1.54, 1.807) is 12.1 Å². The first-order valence-corrected chi connectivity index (χ1v) is 5.77. The highest BCUT2D eigenvalue weighted by atomic mass is 16.5.